The monoisotopic (exact) mass is 329 g/mol. The van der Waals surface area contributed by atoms with Crippen LogP contribution in [0.1, 0.15) is 33.1 Å². The van der Waals surface area contributed by atoms with Crippen LogP contribution in [0.25, 0.3) is 0 Å². The average Bonchev–Trinajstić information content (AvgIpc) is 3.04. The maximum Gasteiger partial charge on any atom is 0.371 e. The molecule has 1 aromatic carbocycles. The minimum absolute atomic E-state index is 0.0404. The summed E-state index contributed by atoms with van der Waals surface area (Å²) in [7, 11) is 0. The molecule has 1 aromatic heterocycles. The summed E-state index contributed by atoms with van der Waals surface area (Å²) in [4.78, 5) is 24.4. The fourth-order valence-corrected chi connectivity index (χ4v) is 2.60. The zero-order chi connectivity index (χ0) is 16.9. The molecular formula is C18H19NO5. The molecule has 1 saturated heterocycles. The van der Waals surface area contributed by atoms with Crippen LogP contribution in [-0.2, 0) is 11.2 Å². The highest BCUT2D eigenvalue weighted by Gasteiger charge is 2.33. The van der Waals surface area contributed by atoms with E-state index in [1.54, 1.807) is 4.90 Å². The van der Waals surface area contributed by atoms with Gasteiger partial charge in [-0.2, -0.15) is 0 Å². The molecule has 0 saturated carbocycles. The predicted octanol–water partition coefficient (Wildman–Crippen LogP) is 2.45. The lowest BCUT2D eigenvalue weighted by Gasteiger charge is -2.38. The van der Waals surface area contributed by atoms with Crippen LogP contribution in [0.4, 0.5) is 0 Å². The van der Waals surface area contributed by atoms with Crippen LogP contribution in [-0.4, -0.2) is 47.7 Å². The SMILES string of the molecule is O=C(O)c1ccc(C(=O)N2CC(OCCCc3ccccc3)C2)o1. The van der Waals surface area contributed by atoms with Crippen LogP contribution >= 0.6 is 0 Å². The highest BCUT2D eigenvalue weighted by Crippen LogP contribution is 2.18. The number of aryl methyl sites for hydroxylation is 1. The number of amides is 1. The Balaban J connectivity index is 1.36. The summed E-state index contributed by atoms with van der Waals surface area (Å²) in [6.45, 7) is 1.67. The van der Waals surface area contributed by atoms with Crippen LogP contribution < -0.4 is 0 Å². The van der Waals surface area contributed by atoms with Crippen molar-refractivity contribution >= 4 is 11.9 Å². The number of ether oxygens (including phenoxy) is 1. The number of nitrogens with zero attached hydrogens (tertiary/aromatic N) is 1. The first-order chi connectivity index (χ1) is 11.6. The number of hydrogen-bond acceptors (Lipinski definition) is 4. The summed E-state index contributed by atoms with van der Waals surface area (Å²) < 4.78 is 10.8. The van der Waals surface area contributed by atoms with Crippen molar-refractivity contribution in [1.82, 2.24) is 4.90 Å². The van der Waals surface area contributed by atoms with Gasteiger partial charge in [0.2, 0.25) is 5.76 Å². The number of furan rings is 1. The van der Waals surface area contributed by atoms with Gasteiger partial charge in [0.05, 0.1) is 6.10 Å². The van der Waals surface area contributed by atoms with E-state index < -0.39 is 5.97 Å². The Morgan fingerprint density at radius 2 is 1.83 bits per heavy atom. The van der Waals surface area contributed by atoms with Crippen molar-refractivity contribution < 1.29 is 23.8 Å². The number of likely N-dealkylation sites (tertiary alicyclic amines) is 1. The van der Waals surface area contributed by atoms with Gasteiger partial charge in [0.15, 0.2) is 5.76 Å². The zero-order valence-electron chi connectivity index (χ0n) is 13.2. The van der Waals surface area contributed by atoms with E-state index in [1.165, 1.54) is 17.7 Å². The molecule has 0 aliphatic carbocycles. The number of rotatable bonds is 7. The second-order valence-electron chi connectivity index (χ2n) is 5.76. The van der Waals surface area contributed by atoms with Gasteiger partial charge >= 0.3 is 5.97 Å². The standard InChI is InChI=1S/C18H19NO5/c20-17(15-8-9-16(24-15)18(21)22)19-11-14(12-19)23-10-4-7-13-5-2-1-3-6-13/h1-3,5-6,8-9,14H,4,7,10-12H2,(H,21,22). The summed E-state index contributed by atoms with van der Waals surface area (Å²) in [5.74, 6) is -1.66. The smallest absolute Gasteiger partial charge is 0.371 e. The third-order valence-corrected chi connectivity index (χ3v) is 3.97. The predicted molar refractivity (Wildman–Crippen MR) is 86.1 cm³/mol. The second-order valence-corrected chi connectivity index (χ2v) is 5.76. The van der Waals surface area contributed by atoms with E-state index in [0.29, 0.717) is 19.7 Å². The molecular weight excluding hydrogens is 310 g/mol. The molecule has 2 heterocycles. The van der Waals surface area contributed by atoms with Crippen LogP contribution in [0.5, 0.6) is 0 Å². The molecule has 0 radical (unpaired) electrons. The third-order valence-electron chi connectivity index (χ3n) is 3.97. The number of hydrogen-bond donors (Lipinski definition) is 1. The lowest BCUT2D eigenvalue weighted by molar-refractivity contribution is -0.0439. The van der Waals surface area contributed by atoms with Gasteiger partial charge in [-0.15, -0.1) is 0 Å². The normalized spacial score (nSPS) is 14.4. The van der Waals surface area contributed by atoms with E-state index in [9.17, 15) is 9.59 Å². The van der Waals surface area contributed by atoms with Gasteiger partial charge < -0.3 is 19.2 Å². The van der Waals surface area contributed by atoms with Crippen LogP contribution in [0.15, 0.2) is 46.9 Å². The maximum absolute atomic E-state index is 12.1. The van der Waals surface area contributed by atoms with E-state index in [4.69, 9.17) is 14.3 Å². The molecule has 1 aliphatic rings. The first kappa shape index (κ1) is 16.3. The molecule has 1 N–H and O–H groups in total. The molecule has 1 amide bonds. The first-order valence-corrected chi connectivity index (χ1v) is 7.91. The largest absolute Gasteiger partial charge is 0.475 e. The first-order valence-electron chi connectivity index (χ1n) is 7.91. The molecule has 2 aromatic rings. The van der Waals surface area contributed by atoms with Crippen molar-refractivity contribution in [3.8, 4) is 0 Å². The van der Waals surface area contributed by atoms with E-state index >= 15 is 0 Å². The molecule has 6 heteroatoms. The number of carbonyl (C=O) groups excluding carboxylic acids is 1. The maximum atomic E-state index is 12.1. The third kappa shape index (κ3) is 3.83. The second kappa shape index (κ2) is 7.31. The van der Waals surface area contributed by atoms with Gasteiger partial charge in [0.25, 0.3) is 5.91 Å². The van der Waals surface area contributed by atoms with E-state index in [0.717, 1.165) is 12.8 Å². The number of carboxylic acid groups (broad SMARTS) is 1. The number of carboxylic acids is 1. The lowest BCUT2D eigenvalue weighted by atomic mass is 10.1. The van der Waals surface area contributed by atoms with Crippen LogP contribution in [0, 0.1) is 0 Å². The number of benzene rings is 1. The molecule has 1 fully saturated rings. The Morgan fingerprint density at radius 1 is 1.12 bits per heavy atom. The molecule has 126 valence electrons. The highest BCUT2D eigenvalue weighted by molar-refractivity contribution is 5.94. The zero-order valence-corrected chi connectivity index (χ0v) is 13.2. The van der Waals surface area contributed by atoms with Crippen molar-refractivity contribution in [1.29, 1.82) is 0 Å². The summed E-state index contributed by atoms with van der Waals surface area (Å²) >= 11 is 0. The molecule has 3 rings (SSSR count). The minimum atomic E-state index is -1.18. The van der Waals surface area contributed by atoms with Crippen molar-refractivity contribution in [2.75, 3.05) is 19.7 Å². The molecule has 0 atom stereocenters. The summed E-state index contributed by atoms with van der Waals surface area (Å²) in [6, 6.07) is 12.9. The Morgan fingerprint density at radius 3 is 2.50 bits per heavy atom. The Hall–Kier alpha value is -2.60. The van der Waals surface area contributed by atoms with E-state index in [2.05, 4.69) is 12.1 Å². The van der Waals surface area contributed by atoms with Gasteiger partial charge in [-0.1, -0.05) is 30.3 Å². The quantitative estimate of drug-likeness (QED) is 0.789. The molecule has 1 aliphatic heterocycles. The van der Waals surface area contributed by atoms with E-state index in [-0.39, 0.29) is 23.5 Å². The van der Waals surface area contributed by atoms with Crippen molar-refractivity contribution in [3.63, 3.8) is 0 Å². The fourth-order valence-electron chi connectivity index (χ4n) is 2.60. The Bertz CT molecular complexity index is 703. The van der Waals surface area contributed by atoms with Crippen molar-refractivity contribution in [2.24, 2.45) is 0 Å². The van der Waals surface area contributed by atoms with Crippen LogP contribution in [0.3, 0.4) is 0 Å². The summed E-state index contributed by atoms with van der Waals surface area (Å²) in [5, 5.41) is 8.80. The van der Waals surface area contributed by atoms with Gasteiger partial charge in [-0.25, -0.2) is 4.79 Å². The van der Waals surface area contributed by atoms with Gasteiger partial charge in [0, 0.05) is 19.7 Å². The van der Waals surface area contributed by atoms with Crippen molar-refractivity contribution in [2.45, 2.75) is 18.9 Å². The topological polar surface area (TPSA) is 80.0 Å². The van der Waals surface area contributed by atoms with Crippen molar-refractivity contribution in [3.05, 3.63) is 59.5 Å². The van der Waals surface area contributed by atoms with Gasteiger partial charge in [-0.05, 0) is 30.5 Å². The van der Waals surface area contributed by atoms with Crippen LogP contribution in [0.2, 0.25) is 0 Å². The minimum Gasteiger partial charge on any atom is -0.475 e. The number of aromatic carboxylic acids is 1. The Kier molecular flexibility index (Phi) is 4.96. The summed E-state index contributed by atoms with van der Waals surface area (Å²) in [6.07, 6.45) is 1.95. The molecule has 6 nitrogen and oxygen atoms in total. The highest BCUT2D eigenvalue weighted by atomic mass is 16.5. The molecule has 0 unspecified atom stereocenters. The fraction of sp³-hybridized carbons (Fsp3) is 0.333. The molecule has 24 heavy (non-hydrogen) atoms. The molecule has 0 spiro atoms. The lowest BCUT2D eigenvalue weighted by Crippen LogP contribution is -2.54. The summed E-state index contributed by atoms with van der Waals surface area (Å²) in [5.41, 5.74) is 1.29. The van der Waals surface area contributed by atoms with Gasteiger partial charge in [-0.3, -0.25) is 4.79 Å². The van der Waals surface area contributed by atoms with E-state index in [1.807, 2.05) is 18.2 Å². The number of carbonyl (C=O) groups is 2. The Labute approximate surface area is 139 Å². The van der Waals surface area contributed by atoms with Gasteiger partial charge in [0.1, 0.15) is 0 Å². The average molecular weight is 329 g/mol. The molecule has 0 bridgehead atoms.